The Morgan fingerprint density at radius 3 is 3.00 bits per heavy atom. The van der Waals surface area contributed by atoms with Crippen molar-refractivity contribution in [1.29, 1.82) is 0 Å². The van der Waals surface area contributed by atoms with Gasteiger partial charge in [0.15, 0.2) is 0 Å². The molecule has 1 unspecified atom stereocenters. The summed E-state index contributed by atoms with van der Waals surface area (Å²) in [6, 6.07) is 8.93. The quantitative estimate of drug-likeness (QED) is 0.874. The van der Waals surface area contributed by atoms with Gasteiger partial charge < -0.3 is 5.32 Å². The smallest absolute Gasteiger partial charge is 0.123 e. The summed E-state index contributed by atoms with van der Waals surface area (Å²) in [5.74, 6) is 0. The topological polar surface area (TPSA) is 24.9 Å². The molecule has 0 aliphatic carbocycles. The third-order valence-corrected chi connectivity index (χ3v) is 4.21. The molecule has 0 radical (unpaired) electrons. The molecule has 1 aromatic carbocycles. The molecule has 1 aromatic heterocycles. The minimum Gasteiger partial charge on any atom is -0.309 e. The minimum atomic E-state index is 0.476. The number of aryl methyl sites for hydroxylation is 1. The van der Waals surface area contributed by atoms with Crippen LogP contribution >= 0.6 is 11.3 Å². The van der Waals surface area contributed by atoms with Gasteiger partial charge in [0.05, 0.1) is 11.7 Å². The first-order valence-electron chi connectivity index (χ1n) is 6.09. The highest BCUT2D eigenvalue weighted by Gasteiger charge is 2.19. The lowest BCUT2D eigenvalue weighted by Crippen LogP contribution is -2.12. The van der Waals surface area contributed by atoms with Crippen LogP contribution in [0.25, 0.3) is 10.6 Å². The van der Waals surface area contributed by atoms with Crippen molar-refractivity contribution in [3.05, 3.63) is 40.9 Å². The van der Waals surface area contributed by atoms with E-state index in [9.17, 15) is 0 Å². The first kappa shape index (κ1) is 10.9. The Labute approximate surface area is 106 Å². The highest BCUT2D eigenvalue weighted by atomic mass is 32.1. The van der Waals surface area contributed by atoms with E-state index >= 15 is 0 Å². The van der Waals surface area contributed by atoms with E-state index in [1.54, 1.807) is 11.3 Å². The molecule has 1 atom stereocenters. The molecular formula is C14H16N2S. The molecule has 2 nitrogen and oxygen atoms in total. The summed E-state index contributed by atoms with van der Waals surface area (Å²) in [5.41, 5.74) is 3.78. The molecule has 88 valence electrons. The Kier molecular flexibility index (Phi) is 2.95. The van der Waals surface area contributed by atoms with Crippen LogP contribution in [0.3, 0.4) is 0 Å². The molecular weight excluding hydrogens is 228 g/mol. The Morgan fingerprint density at radius 2 is 2.24 bits per heavy atom. The number of rotatable bonds is 2. The first-order chi connectivity index (χ1) is 8.34. The highest BCUT2D eigenvalue weighted by Crippen LogP contribution is 2.30. The summed E-state index contributed by atoms with van der Waals surface area (Å²) in [7, 11) is 0. The lowest BCUT2D eigenvalue weighted by Gasteiger charge is -2.05. The maximum atomic E-state index is 4.78. The number of nitrogens with one attached hydrogen (secondary N) is 1. The molecule has 17 heavy (non-hydrogen) atoms. The number of hydrogen-bond acceptors (Lipinski definition) is 3. The molecule has 1 aliphatic rings. The van der Waals surface area contributed by atoms with Crippen LogP contribution < -0.4 is 5.32 Å². The van der Waals surface area contributed by atoms with Crippen LogP contribution in [0, 0.1) is 6.92 Å². The molecule has 2 heterocycles. The number of aromatic nitrogens is 1. The van der Waals surface area contributed by atoms with Crippen LogP contribution in [0.2, 0.25) is 0 Å². The molecule has 3 heteroatoms. The van der Waals surface area contributed by atoms with Gasteiger partial charge in [-0.05, 0) is 31.9 Å². The third kappa shape index (κ3) is 2.13. The second kappa shape index (κ2) is 4.59. The van der Waals surface area contributed by atoms with Crippen LogP contribution in [0.1, 0.15) is 30.1 Å². The second-order valence-electron chi connectivity index (χ2n) is 4.54. The number of hydrogen-bond donors (Lipinski definition) is 1. The van der Waals surface area contributed by atoms with Gasteiger partial charge >= 0.3 is 0 Å². The maximum absolute atomic E-state index is 4.78. The van der Waals surface area contributed by atoms with Gasteiger partial charge in [-0.2, -0.15) is 0 Å². The van der Waals surface area contributed by atoms with Gasteiger partial charge in [-0.3, -0.25) is 0 Å². The van der Waals surface area contributed by atoms with Crippen LogP contribution in [-0.4, -0.2) is 11.5 Å². The van der Waals surface area contributed by atoms with Gasteiger partial charge in [-0.15, -0.1) is 11.3 Å². The van der Waals surface area contributed by atoms with E-state index in [0.717, 1.165) is 11.6 Å². The standard InChI is InChI=1S/C14H16N2S/c1-10-5-2-3-6-11(10)14-16-13(9-17-14)12-7-4-8-15-12/h2-3,5-6,9,12,15H,4,7-8H2,1H3. The van der Waals surface area contributed by atoms with Gasteiger partial charge in [-0.25, -0.2) is 4.98 Å². The van der Waals surface area contributed by atoms with E-state index in [4.69, 9.17) is 4.98 Å². The maximum Gasteiger partial charge on any atom is 0.123 e. The molecule has 0 spiro atoms. The van der Waals surface area contributed by atoms with E-state index in [2.05, 4.69) is 41.9 Å². The lowest BCUT2D eigenvalue weighted by atomic mass is 10.1. The van der Waals surface area contributed by atoms with Crippen molar-refractivity contribution in [3.8, 4) is 10.6 Å². The molecule has 1 aliphatic heterocycles. The van der Waals surface area contributed by atoms with Crippen molar-refractivity contribution in [3.63, 3.8) is 0 Å². The van der Waals surface area contributed by atoms with Crippen molar-refractivity contribution in [1.82, 2.24) is 10.3 Å². The zero-order chi connectivity index (χ0) is 11.7. The summed E-state index contributed by atoms with van der Waals surface area (Å²) < 4.78 is 0. The fourth-order valence-corrected chi connectivity index (χ4v) is 3.28. The monoisotopic (exact) mass is 244 g/mol. The first-order valence-corrected chi connectivity index (χ1v) is 6.97. The molecule has 2 aromatic rings. The van der Waals surface area contributed by atoms with Crippen molar-refractivity contribution in [2.45, 2.75) is 25.8 Å². The van der Waals surface area contributed by atoms with Crippen LogP contribution in [-0.2, 0) is 0 Å². The predicted octanol–water partition coefficient (Wildman–Crippen LogP) is 3.54. The van der Waals surface area contributed by atoms with Gasteiger partial charge in [0, 0.05) is 10.9 Å². The summed E-state index contributed by atoms with van der Waals surface area (Å²) in [5, 5.41) is 6.84. The highest BCUT2D eigenvalue weighted by molar-refractivity contribution is 7.13. The van der Waals surface area contributed by atoms with Gasteiger partial charge in [0.1, 0.15) is 5.01 Å². The molecule has 1 fully saturated rings. The van der Waals surface area contributed by atoms with Crippen LogP contribution in [0.4, 0.5) is 0 Å². The number of thiazole rings is 1. The second-order valence-corrected chi connectivity index (χ2v) is 5.40. The van der Waals surface area contributed by atoms with E-state index in [0.29, 0.717) is 6.04 Å². The van der Waals surface area contributed by atoms with Crippen molar-refractivity contribution in [2.24, 2.45) is 0 Å². The van der Waals surface area contributed by atoms with E-state index in [-0.39, 0.29) is 0 Å². The summed E-state index contributed by atoms with van der Waals surface area (Å²) in [6.45, 7) is 3.27. The average molecular weight is 244 g/mol. The van der Waals surface area contributed by atoms with Crippen molar-refractivity contribution < 1.29 is 0 Å². The van der Waals surface area contributed by atoms with E-state index < -0.39 is 0 Å². The fourth-order valence-electron chi connectivity index (χ4n) is 2.32. The summed E-state index contributed by atoms with van der Waals surface area (Å²) in [6.07, 6.45) is 2.48. The predicted molar refractivity (Wildman–Crippen MR) is 72.3 cm³/mol. The average Bonchev–Trinajstić information content (AvgIpc) is 3.00. The fraction of sp³-hybridized carbons (Fsp3) is 0.357. The van der Waals surface area contributed by atoms with Gasteiger partial charge in [-0.1, -0.05) is 24.3 Å². The zero-order valence-corrected chi connectivity index (χ0v) is 10.8. The van der Waals surface area contributed by atoms with Gasteiger partial charge in [0.2, 0.25) is 0 Å². The Bertz CT molecular complexity index is 512. The zero-order valence-electron chi connectivity index (χ0n) is 9.94. The summed E-state index contributed by atoms with van der Waals surface area (Å²) >= 11 is 1.75. The van der Waals surface area contributed by atoms with Gasteiger partial charge in [0.25, 0.3) is 0 Å². The van der Waals surface area contributed by atoms with Crippen LogP contribution in [0.5, 0.6) is 0 Å². The molecule has 0 saturated carbocycles. The molecule has 0 bridgehead atoms. The van der Waals surface area contributed by atoms with Crippen LogP contribution in [0.15, 0.2) is 29.6 Å². The Morgan fingerprint density at radius 1 is 1.35 bits per heavy atom. The third-order valence-electron chi connectivity index (χ3n) is 3.31. The molecule has 3 rings (SSSR count). The largest absolute Gasteiger partial charge is 0.309 e. The van der Waals surface area contributed by atoms with E-state index in [1.807, 2.05) is 0 Å². The van der Waals surface area contributed by atoms with E-state index in [1.165, 1.54) is 29.7 Å². The van der Waals surface area contributed by atoms with Crippen molar-refractivity contribution in [2.75, 3.05) is 6.54 Å². The lowest BCUT2D eigenvalue weighted by molar-refractivity contribution is 0.632. The minimum absolute atomic E-state index is 0.476. The molecule has 1 saturated heterocycles. The number of nitrogens with zero attached hydrogens (tertiary/aromatic N) is 1. The molecule has 0 amide bonds. The molecule has 1 N–H and O–H groups in total. The SMILES string of the molecule is Cc1ccccc1-c1nc(C2CCCN2)cs1. The normalized spacial score (nSPS) is 19.7. The Balaban J connectivity index is 1.92. The summed E-state index contributed by atoms with van der Waals surface area (Å²) in [4.78, 5) is 4.78. The van der Waals surface area contributed by atoms with Crippen molar-refractivity contribution >= 4 is 11.3 Å². The number of benzene rings is 1. The Hall–Kier alpha value is -1.19.